The number of benzene rings is 2. The molecule has 1 N–H and O–H groups in total. The van der Waals surface area contributed by atoms with Crippen molar-refractivity contribution in [2.75, 3.05) is 5.32 Å². The van der Waals surface area contributed by atoms with Crippen LogP contribution >= 0.6 is 23.4 Å². The van der Waals surface area contributed by atoms with Gasteiger partial charge in [-0.2, -0.15) is 0 Å². The molecule has 2 aromatic carbocycles. The quantitative estimate of drug-likeness (QED) is 0.649. The molecule has 25 heavy (non-hydrogen) atoms. The van der Waals surface area contributed by atoms with E-state index in [4.69, 9.17) is 16.0 Å². The van der Waals surface area contributed by atoms with Gasteiger partial charge in [-0.05, 0) is 49.7 Å². The zero-order valence-electron chi connectivity index (χ0n) is 13.7. The third kappa shape index (κ3) is 4.41. The van der Waals surface area contributed by atoms with Gasteiger partial charge in [0.2, 0.25) is 11.8 Å². The average molecular weight is 374 g/mol. The third-order valence-corrected chi connectivity index (χ3v) is 4.73. The summed E-state index contributed by atoms with van der Waals surface area (Å²) in [4.78, 5) is 12.3. The predicted octanol–water partition coefficient (Wildman–Crippen LogP) is 4.82. The van der Waals surface area contributed by atoms with E-state index in [0.29, 0.717) is 21.8 Å². The molecule has 0 aliphatic carbocycles. The molecular weight excluding hydrogens is 358 g/mol. The van der Waals surface area contributed by atoms with Crippen molar-refractivity contribution in [1.29, 1.82) is 0 Å². The molecule has 3 aromatic rings. The fourth-order valence-corrected chi connectivity index (χ4v) is 2.97. The molecule has 5 nitrogen and oxygen atoms in total. The summed E-state index contributed by atoms with van der Waals surface area (Å²) in [6.07, 6.45) is 0. The number of carbonyl (C=O) groups excluding carboxylic acids is 1. The Morgan fingerprint density at radius 3 is 2.60 bits per heavy atom. The lowest BCUT2D eigenvalue weighted by molar-refractivity contribution is -0.115. The van der Waals surface area contributed by atoms with Gasteiger partial charge in [0.25, 0.3) is 5.22 Å². The lowest BCUT2D eigenvalue weighted by atomic mass is 10.1. The van der Waals surface area contributed by atoms with E-state index < -0.39 is 0 Å². The maximum Gasteiger partial charge on any atom is 0.277 e. The Morgan fingerprint density at radius 1 is 1.16 bits per heavy atom. The van der Waals surface area contributed by atoms with Gasteiger partial charge in [-0.25, -0.2) is 0 Å². The summed E-state index contributed by atoms with van der Waals surface area (Å²) in [5, 5.41) is 11.5. The first-order valence-electron chi connectivity index (χ1n) is 7.65. The summed E-state index contributed by atoms with van der Waals surface area (Å²) in [6, 6.07) is 14.7. The van der Waals surface area contributed by atoms with Gasteiger partial charge >= 0.3 is 0 Å². The number of aryl methyl sites for hydroxylation is 1. The van der Waals surface area contributed by atoms with Crippen LogP contribution in [0, 0.1) is 6.92 Å². The van der Waals surface area contributed by atoms with Crippen molar-refractivity contribution in [3.8, 4) is 11.5 Å². The zero-order valence-corrected chi connectivity index (χ0v) is 15.3. The molecule has 1 aromatic heterocycles. The summed E-state index contributed by atoms with van der Waals surface area (Å²) in [6.45, 7) is 3.77. The number of hydrogen-bond acceptors (Lipinski definition) is 5. The summed E-state index contributed by atoms with van der Waals surface area (Å²) in [5.74, 6) is 0.300. The van der Waals surface area contributed by atoms with Crippen molar-refractivity contribution in [2.24, 2.45) is 0 Å². The second kappa shape index (κ2) is 7.72. The Labute approximate surface area is 154 Å². The van der Waals surface area contributed by atoms with Crippen molar-refractivity contribution in [3.63, 3.8) is 0 Å². The van der Waals surface area contributed by atoms with Crippen LogP contribution in [0.4, 0.5) is 5.69 Å². The fourth-order valence-electron chi connectivity index (χ4n) is 2.16. The molecule has 3 rings (SSSR count). The van der Waals surface area contributed by atoms with E-state index in [1.807, 2.05) is 31.2 Å². The minimum absolute atomic E-state index is 0.150. The van der Waals surface area contributed by atoms with Crippen LogP contribution < -0.4 is 5.32 Å². The van der Waals surface area contributed by atoms with Crippen LogP contribution in [0.15, 0.2) is 58.2 Å². The Kier molecular flexibility index (Phi) is 5.40. The highest BCUT2D eigenvalue weighted by atomic mass is 35.5. The van der Waals surface area contributed by atoms with Crippen LogP contribution in [-0.4, -0.2) is 21.4 Å². The molecule has 1 amide bonds. The standard InChI is InChI=1S/C18H16ClN3O2S/c1-11-5-3-4-6-15(11)17-21-22-18(24-17)25-12(2)16(23)20-14-9-7-13(19)8-10-14/h3-10,12H,1-2H3,(H,20,23)/t12-/m0/s1. The second-order valence-electron chi connectivity index (χ2n) is 5.44. The largest absolute Gasteiger partial charge is 0.411 e. The molecule has 1 heterocycles. The highest BCUT2D eigenvalue weighted by Crippen LogP contribution is 2.28. The van der Waals surface area contributed by atoms with E-state index in [9.17, 15) is 4.79 Å². The number of thioether (sulfide) groups is 1. The number of carbonyl (C=O) groups is 1. The molecular formula is C18H16ClN3O2S. The minimum Gasteiger partial charge on any atom is -0.411 e. The SMILES string of the molecule is Cc1ccccc1-c1nnc(S[C@@H](C)C(=O)Nc2ccc(Cl)cc2)o1. The topological polar surface area (TPSA) is 68.0 Å². The Hall–Kier alpha value is -2.31. The first-order chi connectivity index (χ1) is 12.0. The molecule has 7 heteroatoms. The Balaban J connectivity index is 1.65. The first-order valence-corrected chi connectivity index (χ1v) is 8.91. The smallest absolute Gasteiger partial charge is 0.277 e. The number of aromatic nitrogens is 2. The lowest BCUT2D eigenvalue weighted by Gasteiger charge is -2.09. The number of anilines is 1. The van der Waals surface area contributed by atoms with Gasteiger partial charge in [0.1, 0.15) is 0 Å². The molecule has 0 bridgehead atoms. The molecule has 0 spiro atoms. The molecule has 1 atom stereocenters. The summed E-state index contributed by atoms with van der Waals surface area (Å²) in [5.41, 5.74) is 2.63. The van der Waals surface area contributed by atoms with E-state index in [0.717, 1.165) is 11.1 Å². The van der Waals surface area contributed by atoms with Crippen molar-refractivity contribution in [2.45, 2.75) is 24.3 Å². The minimum atomic E-state index is -0.388. The molecule has 0 unspecified atom stereocenters. The maximum absolute atomic E-state index is 12.3. The normalized spacial score (nSPS) is 12.0. The summed E-state index contributed by atoms with van der Waals surface area (Å²) in [7, 11) is 0. The number of rotatable bonds is 5. The van der Waals surface area contributed by atoms with Crippen molar-refractivity contribution >= 4 is 35.0 Å². The summed E-state index contributed by atoms with van der Waals surface area (Å²) >= 11 is 7.05. The Morgan fingerprint density at radius 2 is 1.88 bits per heavy atom. The molecule has 128 valence electrons. The van der Waals surface area contributed by atoms with Crippen LogP contribution in [0.5, 0.6) is 0 Å². The van der Waals surface area contributed by atoms with E-state index in [1.165, 1.54) is 11.8 Å². The molecule has 0 saturated heterocycles. The highest BCUT2D eigenvalue weighted by molar-refractivity contribution is 8.00. The third-order valence-electron chi connectivity index (χ3n) is 3.54. The van der Waals surface area contributed by atoms with Crippen LogP contribution in [0.25, 0.3) is 11.5 Å². The van der Waals surface area contributed by atoms with Gasteiger partial charge < -0.3 is 9.73 Å². The highest BCUT2D eigenvalue weighted by Gasteiger charge is 2.19. The summed E-state index contributed by atoms with van der Waals surface area (Å²) < 4.78 is 5.68. The predicted molar refractivity (Wildman–Crippen MR) is 99.9 cm³/mol. The number of halogens is 1. The first kappa shape index (κ1) is 17.5. The fraction of sp³-hybridized carbons (Fsp3) is 0.167. The van der Waals surface area contributed by atoms with Crippen LogP contribution in [-0.2, 0) is 4.79 Å². The molecule has 0 aliphatic heterocycles. The van der Waals surface area contributed by atoms with E-state index in [2.05, 4.69) is 15.5 Å². The molecule has 0 fully saturated rings. The van der Waals surface area contributed by atoms with Crippen molar-refractivity contribution in [3.05, 3.63) is 59.1 Å². The molecule has 0 saturated carbocycles. The van der Waals surface area contributed by atoms with Gasteiger partial charge in [-0.15, -0.1) is 10.2 Å². The van der Waals surface area contributed by atoms with Crippen molar-refractivity contribution < 1.29 is 9.21 Å². The van der Waals surface area contributed by atoms with Crippen LogP contribution in [0.1, 0.15) is 12.5 Å². The maximum atomic E-state index is 12.3. The number of amides is 1. The second-order valence-corrected chi connectivity index (χ2v) is 7.17. The number of nitrogens with one attached hydrogen (secondary N) is 1. The van der Waals surface area contributed by atoms with Gasteiger partial charge in [0, 0.05) is 16.3 Å². The lowest BCUT2D eigenvalue weighted by Crippen LogP contribution is -2.22. The molecule has 0 aliphatic rings. The van der Waals surface area contributed by atoms with E-state index in [-0.39, 0.29) is 11.2 Å². The average Bonchev–Trinajstić information content (AvgIpc) is 3.05. The van der Waals surface area contributed by atoms with Crippen LogP contribution in [0.3, 0.4) is 0 Å². The number of nitrogens with zero attached hydrogens (tertiary/aromatic N) is 2. The van der Waals surface area contributed by atoms with Gasteiger partial charge in [-0.3, -0.25) is 4.79 Å². The van der Waals surface area contributed by atoms with Crippen molar-refractivity contribution in [1.82, 2.24) is 10.2 Å². The van der Waals surface area contributed by atoms with Crippen LogP contribution in [0.2, 0.25) is 5.02 Å². The zero-order chi connectivity index (χ0) is 17.8. The number of hydrogen-bond donors (Lipinski definition) is 1. The molecule has 0 radical (unpaired) electrons. The Bertz CT molecular complexity index is 880. The van der Waals surface area contributed by atoms with Gasteiger partial charge in [0.15, 0.2) is 0 Å². The van der Waals surface area contributed by atoms with Gasteiger partial charge in [0.05, 0.1) is 5.25 Å². The van der Waals surface area contributed by atoms with Gasteiger partial charge in [-0.1, -0.05) is 41.6 Å². The monoisotopic (exact) mass is 373 g/mol. The van der Waals surface area contributed by atoms with E-state index in [1.54, 1.807) is 31.2 Å². The van der Waals surface area contributed by atoms with E-state index >= 15 is 0 Å².